The van der Waals surface area contributed by atoms with Crippen LogP contribution in [0.15, 0.2) is 30.3 Å². The molecule has 76 valence electrons. The molecule has 0 radical (unpaired) electrons. The highest BCUT2D eigenvalue weighted by molar-refractivity contribution is 5.66. The van der Waals surface area contributed by atoms with Crippen molar-refractivity contribution in [1.29, 1.82) is 5.26 Å². The van der Waals surface area contributed by atoms with Gasteiger partial charge in [-0.15, -0.1) is 0 Å². The SMILES string of the molecule is N#Cc1cccc(C2=CC(CO)ON2)c1. The minimum absolute atomic E-state index is 0.0611. The van der Waals surface area contributed by atoms with Crippen LogP contribution >= 0.6 is 0 Å². The van der Waals surface area contributed by atoms with Crippen LogP contribution in [0.4, 0.5) is 0 Å². The molecule has 15 heavy (non-hydrogen) atoms. The third-order valence-electron chi connectivity index (χ3n) is 2.16. The van der Waals surface area contributed by atoms with Gasteiger partial charge in [0.05, 0.1) is 23.9 Å². The van der Waals surface area contributed by atoms with Gasteiger partial charge in [-0.1, -0.05) is 12.1 Å². The van der Waals surface area contributed by atoms with Crippen LogP contribution in [0.2, 0.25) is 0 Å². The Morgan fingerprint density at radius 2 is 2.40 bits per heavy atom. The van der Waals surface area contributed by atoms with E-state index in [9.17, 15) is 0 Å². The summed E-state index contributed by atoms with van der Waals surface area (Å²) in [4.78, 5) is 5.07. The summed E-state index contributed by atoms with van der Waals surface area (Å²) in [5, 5.41) is 17.6. The van der Waals surface area contributed by atoms with E-state index < -0.39 is 0 Å². The van der Waals surface area contributed by atoms with Crippen LogP contribution in [-0.2, 0) is 4.84 Å². The molecule has 1 unspecified atom stereocenters. The molecule has 1 aliphatic heterocycles. The van der Waals surface area contributed by atoms with Crippen LogP contribution in [-0.4, -0.2) is 17.8 Å². The molecule has 1 aliphatic rings. The maximum Gasteiger partial charge on any atom is 0.129 e. The topological polar surface area (TPSA) is 65.3 Å². The van der Waals surface area contributed by atoms with Crippen LogP contribution in [0.3, 0.4) is 0 Å². The third kappa shape index (κ3) is 1.99. The van der Waals surface area contributed by atoms with Gasteiger partial charge in [-0.2, -0.15) is 5.26 Å². The lowest BCUT2D eigenvalue weighted by atomic mass is 10.1. The van der Waals surface area contributed by atoms with Crippen molar-refractivity contribution in [2.75, 3.05) is 6.61 Å². The fraction of sp³-hybridized carbons (Fsp3) is 0.182. The Labute approximate surface area is 87.4 Å². The molecule has 0 fully saturated rings. The molecule has 4 heteroatoms. The number of hydroxylamine groups is 1. The molecule has 1 aromatic rings. The molecule has 1 atom stereocenters. The van der Waals surface area contributed by atoms with Crippen LogP contribution in [0.1, 0.15) is 11.1 Å². The molecule has 0 amide bonds. The van der Waals surface area contributed by atoms with Crippen molar-refractivity contribution < 1.29 is 9.94 Å². The van der Waals surface area contributed by atoms with Crippen LogP contribution in [0.25, 0.3) is 5.70 Å². The predicted molar refractivity (Wildman–Crippen MR) is 54.2 cm³/mol. The maximum absolute atomic E-state index is 8.87. The van der Waals surface area contributed by atoms with E-state index in [0.29, 0.717) is 5.56 Å². The average Bonchev–Trinajstić information content (AvgIpc) is 2.78. The average molecular weight is 202 g/mol. The zero-order valence-electron chi connectivity index (χ0n) is 7.97. The van der Waals surface area contributed by atoms with E-state index in [0.717, 1.165) is 11.3 Å². The Morgan fingerprint density at radius 1 is 1.53 bits per heavy atom. The minimum Gasteiger partial charge on any atom is -0.393 e. The Kier molecular flexibility index (Phi) is 2.68. The molecule has 4 nitrogen and oxygen atoms in total. The lowest BCUT2D eigenvalue weighted by molar-refractivity contribution is 0.0173. The normalized spacial score (nSPS) is 19.2. The second kappa shape index (κ2) is 4.13. The molecule has 0 spiro atoms. The number of hydrogen-bond donors (Lipinski definition) is 2. The monoisotopic (exact) mass is 202 g/mol. The zero-order valence-corrected chi connectivity index (χ0v) is 7.97. The first-order chi connectivity index (χ1) is 7.33. The van der Waals surface area contributed by atoms with Crippen LogP contribution < -0.4 is 5.48 Å². The van der Waals surface area contributed by atoms with E-state index in [1.165, 1.54) is 0 Å². The van der Waals surface area contributed by atoms with Crippen molar-refractivity contribution >= 4 is 5.70 Å². The molecule has 2 rings (SSSR count). The summed E-state index contributed by atoms with van der Waals surface area (Å²) in [7, 11) is 0. The van der Waals surface area contributed by atoms with E-state index in [-0.39, 0.29) is 12.7 Å². The fourth-order valence-corrected chi connectivity index (χ4v) is 1.39. The summed E-state index contributed by atoms with van der Waals surface area (Å²) in [5.41, 5.74) is 4.98. The van der Waals surface area contributed by atoms with Crippen LogP contribution in [0, 0.1) is 11.3 Å². The standard InChI is InChI=1S/C11H10N2O2/c12-6-8-2-1-3-9(4-8)11-5-10(7-14)15-13-11/h1-5,10,13-14H,7H2. The van der Waals surface area contributed by atoms with E-state index in [1.807, 2.05) is 12.1 Å². The van der Waals surface area contributed by atoms with Crippen molar-refractivity contribution in [3.63, 3.8) is 0 Å². The highest BCUT2D eigenvalue weighted by Gasteiger charge is 2.16. The number of rotatable bonds is 2. The number of nitrogens with one attached hydrogen (secondary N) is 1. The molecule has 0 bridgehead atoms. The van der Waals surface area contributed by atoms with Gasteiger partial charge in [-0.3, -0.25) is 10.3 Å². The molecule has 0 saturated heterocycles. The van der Waals surface area contributed by atoms with E-state index in [2.05, 4.69) is 11.5 Å². The van der Waals surface area contributed by atoms with Crippen molar-refractivity contribution in [3.8, 4) is 6.07 Å². The number of nitriles is 1. The van der Waals surface area contributed by atoms with Gasteiger partial charge in [0.15, 0.2) is 0 Å². The fourth-order valence-electron chi connectivity index (χ4n) is 1.39. The van der Waals surface area contributed by atoms with E-state index >= 15 is 0 Å². The third-order valence-corrected chi connectivity index (χ3v) is 2.16. The molecular formula is C11H10N2O2. The van der Waals surface area contributed by atoms with Gasteiger partial charge in [-0.05, 0) is 18.2 Å². The summed E-state index contributed by atoms with van der Waals surface area (Å²) in [6.45, 7) is -0.0611. The number of hydrogen-bond acceptors (Lipinski definition) is 4. The van der Waals surface area contributed by atoms with Gasteiger partial charge in [0.2, 0.25) is 0 Å². The van der Waals surface area contributed by atoms with Crippen molar-refractivity contribution in [2.45, 2.75) is 6.10 Å². The van der Waals surface area contributed by atoms with Crippen molar-refractivity contribution in [2.24, 2.45) is 0 Å². The molecule has 1 aromatic carbocycles. The Hall–Kier alpha value is -1.83. The van der Waals surface area contributed by atoms with Gasteiger partial charge in [0.1, 0.15) is 6.10 Å². The van der Waals surface area contributed by atoms with Gasteiger partial charge in [0, 0.05) is 5.56 Å². The van der Waals surface area contributed by atoms with Crippen molar-refractivity contribution in [3.05, 3.63) is 41.5 Å². The highest BCUT2D eigenvalue weighted by Crippen LogP contribution is 2.18. The largest absolute Gasteiger partial charge is 0.393 e. The van der Waals surface area contributed by atoms with Gasteiger partial charge in [-0.25, -0.2) is 0 Å². The zero-order chi connectivity index (χ0) is 10.7. The van der Waals surface area contributed by atoms with Gasteiger partial charge in [0.25, 0.3) is 0 Å². The number of aliphatic hydroxyl groups excluding tert-OH is 1. The number of aliphatic hydroxyl groups is 1. The second-order valence-corrected chi connectivity index (χ2v) is 3.21. The number of benzene rings is 1. The van der Waals surface area contributed by atoms with Crippen molar-refractivity contribution in [1.82, 2.24) is 5.48 Å². The highest BCUT2D eigenvalue weighted by atomic mass is 16.7. The molecule has 0 aliphatic carbocycles. The first-order valence-electron chi connectivity index (χ1n) is 4.58. The minimum atomic E-state index is -0.314. The second-order valence-electron chi connectivity index (χ2n) is 3.21. The molecule has 0 saturated carbocycles. The first kappa shape index (κ1) is 9.71. The Bertz CT molecular complexity index is 434. The summed E-state index contributed by atoms with van der Waals surface area (Å²) in [5.74, 6) is 0. The quantitative estimate of drug-likeness (QED) is 0.744. The molecular weight excluding hydrogens is 192 g/mol. The molecule has 2 N–H and O–H groups in total. The maximum atomic E-state index is 8.87. The Morgan fingerprint density at radius 3 is 3.07 bits per heavy atom. The lowest BCUT2D eigenvalue weighted by Gasteiger charge is -2.03. The van der Waals surface area contributed by atoms with Crippen LogP contribution in [0.5, 0.6) is 0 Å². The van der Waals surface area contributed by atoms with E-state index in [1.54, 1.807) is 18.2 Å². The molecule has 0 aromatic heterocycles. The summed E-state index contributed by atoms with van der Waals surface area (Å²) >= 11 is 0. The Balaban J connectivity index is 2.27. The summed E-state index contributed by atoms with van der Waals surface area (Å²) in [6.07, 6.45) is 1.47. The first-order valence-corrected chi connectivity index (χ1v) is 4.58. The summed E-state index contributed by atoms with van der Waals surface area (Å²) in [6, 6.07) is 9.26. The smallest absolute Gasteiger partial charge is 0.129 e. The predicted octanol–water partition coefficient (Wildman–Crippen LogP) is 0.795. The number of nitrogens with zero attached hydrogens (tertiary/aromatic N) is 1. The van der Waals surface area contributed by atoms with Gasteiger partial charge >= 0.3 is 0 Å². The van der Waals surface area contributed by atoms with Gasteiger partial charge < -0.3 is 5.11 Å². The lowest BCUT2D eigenvalue weighted by Crippen LogP contribution is -2.15. The summed E-state index contributed by atoms with van der Waals surface area (Å²) < 4.78 is 0. The molecule has 1 heterocycles. The van der Waals surface area contributed by atoms with E-state index in [4.69, 9.17) is 15.2 Å².